The molecule has 0 radical (unpaired) electrons. The van der Waals surface area contributed by atoms with Gasteiger partial charge in [0.25, 0.3) is 0 Å². The third-order valence-corrected chi connectivity index (χ3v) is 3.79. The Kier molecular flexibility index (Phi) is 3.91. The fourth-order valence-electron chi connectivity index (χ4n) is 2.68. The van der Waals surface area contributed by atoms with Crippen LogP contribution in [0, 0.1) is 6.92 Å². The predicted molar refractivity (Wildman–Crippen MR) is 81.1 cm³/mol. The normalized spacial score (nSPS) is 16.5. The molecule has 1 amide bonds. The van der Waals surface area contributed by atoms with E-state index in [1.165, 1.54) is 0 Å². The Balaban J connectivity index is 1.96. The van der Waals surface area contributed by atoms with Crippen LogP contribution in [0.4, 0.5) is 4.79 Å². The largest absolute Gasteiger partial charge is 0.493 e. The second-order valence-electron chi connectivity index (χ2n) is 5.26. The van der Waals surface area contributed by atoms with E-state index in [2.05, 4.69) is 15.3 Å². The van der Waals surface area contributed by atoms with Crippen LogP contribution in [-0.4, -0.2) is 34.3 Å². The van der Waals surface area contributed by atoms with E-state index >= 15 is 0 Å². The molecule has 0 spiro atoms. The van der Waals surface area contributed by atoms with E-state index in [9.17, 15) is 4.79 Å². The Hall–Kier alpha value is -2.63. The fraction of sp³-hybridized carbons (Fsp3) is 0.312. The summed E-state index contributed by atoms with van der Waals surface area (Å²) in [5.74, 6) is 1.64. The number of carbonyl (C=O) groups is 1. The van der Waals surface area contributed by atoms with Gasteiger partial charge in [-0.2, -0.15) is 0 Å². The number of carboxylic acid groups (broad SMARTS) is 1. The standard InChI is InChI=1S/C16H17N3O3/c1-10-17-8-12(9-18-10)14-4-2-3-13-11(7-19-16(20)21)5-6-22-15(13)14/h2-4,8-9,11,19H,5-7H2,1H3,(H,20,21). The van der Waals surface area contributed by atoms with Gasteiger partial charge in [0.1, 0.15) is 11.6 Å². The lowest BCUT2D eigenvalue weighted by molar-refractivity contribution is 0.191. The number of aryl methyl sites for hydroxylation is 1. The molecule has 0 bridgehead atoms. The third-order valence-electron chi connectivity index (χ3n) is 3.79. The topological polar surface area (TPSA) is 84.3 Å². The van der Waals surface area contributed by atoms with Crippen molar-refractivity contribution in [2.24, 2.45) is 0 Å². The maximum atomic E-state index is 10.7. The Labute approximate surface area is 128 Å². The lowest BCUT2D eigenvalue weighted by Crippen LogP contribution is -2.29. The van der Waals surface area contributed by atoms with Crippen LogP contribution in [0.2, 0.25) is 0 Å². The van der Waals surface area contributed by atoms with Crippen LogP contribution in [0.25, 0.3) is 11.1 Å². The molecule has 2 aromatic rings. The number of amides is 1. The molecule has 1 atom stereocenters. The zero-order chi connectivity index (χ0) is 15.5. The average Bonchev–Trinajstić information content (AvgIpc) is 2.53. The summed E-state index contributed by atoms with van der Waals surface area (Å²) in [4.78, 5) is 19.2. The fourth-order valence-corrected chi connectivity index (χ4v) is 2.68. The number of hydrogen-bond donors (Lipinski definition) is 2. The maximum absolute atomic E-state index is 10.7. The van der Waals surface area contributed by atoms with Crippen molar-refractivity contribution < 1.29 is 14.6 Å². The van der Waals surface area contributed by atoms with Gasteiger partial charge >= 0.3 is 6.09 Å². The summed E-state index contributed by atoms with van der Waals surface area (Å²) in [6.45, 7) is 2.80. The molecule has 3 rings (SSSR count). The summed E-state index contributed by atoms with van der Waals surface area (Å²) >= 11 is 0. The molecule has 2 N–H and O–H groups in total. The van der Waals surface area contributed by atoms with Gasteiger partial charge in [-0.3, -0.25) is 0 Å². The van der Waals surface area contributed by atoms with Crippen molar-refractivity contribution in [3.05, 3.63) is 42.0 Å². The quantitative estimate of drug-likeness (QED) is 0.910. The maximum Gasteiger partial charge on any atom is 0.404 e. The van der Waals surface area contributed by atoms with E-state index in [4.69, 9.17) is 9.84 Å². The van der Waals surface area contributed by atoms with E-state index in [1.54, 1.807) is 12.4 Å². The van der Waals surface area contributed by atoms with Crippen molar-refractivity contribution in [1.82, 2.24) is 15.3 Å². The molecule has 0 aliphatic carbocycles. The summed E-state index contributed by atoms with van der Waals surface area (Å²) in [6.07, 6.45) is 3.35. The van der Waals surface area contributed by atoms with Gasteiger partial charge in [0.05, 0.1) is 6.61 Å². The predicted octanol–water partition coefficient (Wildman–Crippen LogP) is 2.59. The van der Waals surface area contributed by atoms with E-state index in [1.807, 2.05) is 25.1 Å². The first-order chi connectivity index (χ1) is 10.6. The molecule has 6 heteroatoms. The van der Waals surface area contributed by atoms with Crippen molar-refractivity contribution in [1.29, 1.82) is 0 Å². The van der Waals surface area contributed by atoms with Crippen molar-refractivity contribution in [2.75, 3.05) is 13.2 Å². The van der Waals surface area contributed by atoms with E-state index < -0.39 is 6.09 Å². The number of nitrogens with one attached hydrogen (secondary N) is 1. The van der Waals surface area contributed by atoms with Gasteiger partial charge in [-0.05, 0) is 18.9 Å². The molecule has 1 aromatic heterocycles. The van der Waals surface area contributed by atoms with Gasteiger partial charge < -0.3 is 15.2 Å². The summed E-state index contributed by atoms with van der Waals surface area (Å²) in [5.41, 5.74) is 2.87. The zero-order valence-corrected chi connectivity index (χ0v) is 12.2. The summed E-state index contributed by atoms with van der Waals surface area (Å²) in [7, 11) is 0. The lowest BCUT2D eigenvalue weighted by Gasteiger charge is -2.27. The molecule has 0 fully saturated rings. The highest BCUT2D eigenvalue weighted by Crippen LogP contribution is 2.40. The van der Waals surface area contributed by atoms with Gasteiger partial charge in [0.2, 0.25) is 0 Å². The minimum Gasteiger partial charge on any atom is -0.493 e. The van der Waals surface area contributed by atoms with Gasteiger partial charge in [0, 0.05) is 36.0 Å². The molecule has 6 nitrogen and oxygen atoms in total. The molecule has 114 valence electrons. The summed E-state index contributed by atoms with van der Waals surface area (Å²) in [6, 6.07) is 5.91. The van der Waals surface area contributed by atoms with Gasteiger partial charge in [-0.1, -0.05) is 18.2 Å². The molecule has 1 aromatic carbocycles. The van der Waals surface area contributed by atoms with E-state index in [0.717, 1.165) is 34.7 Å². The monoisotopic (exact) mass is 299 g/mol. The highest BCUT2D eigenvalue weighted by atomic mass is 16.5. The third kappa shape index (κ3) is 2.86. The number of fused-ring (bicyclic) bond motifs is 1. The molecular weight excluding hydrogens is 282 g/mol. The summed E-state index contributed by atoms with van der Waals surface area (Å²) in [5, 5.41) is 11.3. The molecule has 1 unspecified atom stereocenters. The Morgan fingerprint density at radius 1 is 1.41 bits per heavy atom. The van der Waals surface area contributed by atoms with Crippen LogP contribution in [0.1, 0.15) is 23.7 Å². The Morgan fingerprint density at radius 3 is 2.91 bits per heavy atom. The Morgan fingerprint density at radius 2 is 2.18 bits per heavy atom. The SMILES string of the molecule is Cc1ncc(-c2cccc3c2OCCC3CNC(=O)O)cn1. The first-order valence-corrected chi connectivity index (χ1v) is 7.16. The van der Waals surface area contributed by atoms with E-state index in [-0.39, 0.29) is 5.92 Å². The highest BCUT2D eigenvalue weighted by molar-refractivity contribution is 5.72. The van der Waals surface area contributed by atoms with Crippen LogP contribution in [-0.2, 0) is 0 Å². The molecule has 0 saturated heterocycles. The smallest absolute Gasteiger partial charge is 0.404 e. The second-order valence-corrected chi connectivity index (χ2v) is 5.26. The van der Waals surface area contributed by atoms with Crippen molar-refractivity contribution in [3.8, 4) is 16.9 Å². The first-order valence-electron chi connectivity index (χ1n) is 7.16. The number of para-hydroxylation sites is 1. The lowest BCUT2D eigenvalue weighted by atomic mass is 9.90. The number of aromatic nitrogens is 2. The van der Waals surface area contributed by atoms with Crippen molar-refractivity contribution in [2.45, 2.75) is 19.3 Å². The minimum absolute atomic E-state index is 0.117. The van der Waals surface area contributed by atoms with Crippen molar-refractivity contribution >= 4 is 6.09 Å². The van der Waals surface area contributed by atoms with Crippen LogP contribution in [0.15, 0.2) is 30.6 Å². The van der Waals surface area contributed by atoms with Gasteiger partial charge in [-0.25, -0.2) is 14.8 Å². The number of ether oxygens (including phenoxy) is 1. The number of rotatable bonds is 3. The van der Waals surface area contributed by atoms with Gasteiger partial charge in [-0.15, -0.1) is 0 Å². The van der Waals surface area contributed by atoms with Crippen LogP contribution >= 0.6 is 0 Å². The van der Waals surface area contributed by atoms with Crippen molar-refractivity contribution in [3.63, 3.8) is 0 Å². The van der Waals surface area contributed by atoms with Crippen LogP contribution in [0.3, 0.4) is 0 Å². The number of hydrogen-bond acceptors (Lipinski definition) is 4. The second kappa shape index (κ2) is 6.01. The van der Waals surface area contributed by atoms with Crippen LogP contribution in [0.5, 0.6) is 5.75 Å². The molecular formula is C16H17N3O3. The average molecular weight is 299 g/mol. The molecule has 22 heavy (non-hydrogen) atoms. The number of benzene rings is 1. The summed E-state index contributed by atoms with van der Waals surface area (Å²) < 4.78 is 5.85. The molecule has 2 heterocycles. The molecule has 0 saturated carbocycles. The first kappa shape index (κ1) is 14.3. The zero-order valence-electron chi connectivity index (χ0n) is 12.2. The minimum atomic E-state index is -1.00. The Bertz CT molecular complexity index is 686. The number of nitrogens with zero attached hydrogens (tertiary/aromatic N) is 2. The molecule has 1 aliphatic heterocycles. The van der Waals surface area contributed by atoms with Gasteiger partial charge in [0.15, 0.2) is 0 Å². The van der Waals surface area contributed by atoms with Crippen LogP contribution < -0.4 is 10.1 Å². The van der Waals surface area contributed by atoms with E-state index in [0.29, 0.717) is 13.2 Å². The molecule has 1 aliphatic rings. The highest BCUT2D eigenvalue weighted by Gasteiger charge is 2.24.